The van der Waals surface area contributed by atoms with Gasteiger partial charge in [-0.15, -0.1) is 23.5 Å². The number of aliphatic hydroxyl groups is 1. The topological polar surface area (TPSA) is 54.4 Å². The molecule has 6 atom stereocenters. The van der Waals surface area contributed by atoms with Crippen molar-refractivity contribution in [3.8, 4) is 0 Å². The Balaban J connectivity index is 1.75. The number of Topliss-reactive ketones (excluding diaryl/α,β-unsaturated/α-hetero) is 1. The van der Waals surface area contributed by atoms with Crippen LogP contribution in [-0.4, -0.2) is 44.5 Å². The first-order valence-electron chi connectivity index (χ1n) is 10.7. The summed E-state index contributed by atoms with van der Waals surface area (Å²) in [4.78, 5) is 25.3. The number of ketones is 2. The van der Waals surface area contributed by atoms with Crippen molar-refractivity contribution in [2.75, 3.05) is 18.1 Å². The normalized spacial score (nSPS) is 46.2. The molecule has 3 nitrogen and oxygen atoms in total. The first-order valence-corrected chi connectivity index (χ1v) is 12.7. The highest BCUT2D eigenvalue weighted by Crippen LogP contribution is 2.72. The van der Waals surface area contributed by atoms with Gasteiger partial charge < -0.3 is 5.11 Å². The number of allylic oxidation sites excluding steroid dienone is 4. The third kappa shape index (κ3) is 2.74. The number of carbonyl (C=O) groups is 2. The number of halogens is 1. The fourth-order valence-electron chi connectivity index (χ4n) is 6.78. The van der Waals surface area contributed by atoms with Crippen molar-refractivity contribution in [2.45, 2.75) is 62.6 Å². The number of rotatable bonds is 5. The minimum Gasteiger partial charge on any atom is -0.396 e. The largest absolute Gasteiger partial charge is 0.396 e. The van der Waals surface area contributed by atoms with E-state index in [0.717, 1.165) is 17.7 Å². The van der Waals surface area contributed by atoms with E-state index in [1.54, 1.807) is 35.7 Å². The van der Waals surface area contributed by atoms with E-state index in [9.17, 15) is 14.7 Å². The molecule has 29 heavy (non-hydrogen) atoms. The van der Waals surface area contributed by atoms with Gasteiger partial charge in [-0.2, -0.15) is 0 Å². The number of carbonyl (C=O) groups excluding carboxylic acids is 2. The number of hydrogen-bond acceptors (Lipinski definition) is 5. The highest BCUT2D eigenvalue weighted by atomic mass is 32.2. The molecule has 0 spiro atoms. The Labute approximate surface area is 181 Å². The Hall–Kier alpha value is -0.590. The molecule has 0 radical (unpaired) electrons. The molecule has 1 N–H and O–H groups in total. The molecule has 0 aromatic rings. The molecule has 0 aliphatic heterocycles. The molecule has 3 fully saturated rings. The van der Waals surface area contributed by atoms with Crippen molar-refractivity contribution < 1.29 is 19.1 Å². The van der Waals surface area contributed by atoms with Crippen LogP contribution >= 0.6 is 23.5 Å². The standard InChI is InChI=1S/C23H31FO3S2/c1-4-28-23(29-12-11-25)19(27)14-18-17-6-5-15-13-16(26)7-8-20(15,2)22(17,24)10-9-21(18,23)3/h7-8,13,17-18,25H,4-6,9-12,14H2,1-3H3/t17-,18-,20-,21-,22?,23?/m0/s1. The molecule has 160 valence electrons. The molecule has 4 rings (SSSR count). The predicted octanol–water partition coefficient (Wildman–Crippen LogP) is 4.74. The number of aliphatic hydroxyl groups excluding tert-OH is 1. The maximum atomic E-state index is 16.9. The zero-order chi connectivity index (χ0) is 21.1. The van der Waals surface area contributed by atoms with E-state index in [0.29, 0.717) is 31.4 Å². The molecule has 0 aromatic heterocycles. The quantitative estimate of drug-likeness (QED) is 0.629. The predicted molar refractivity (Wildman–Crippen MR) is 118 cm³/mol. The maximum absolute atomic E-state index is 16.9. The fraction of sp³-hybridized carbons (Fsp3) is 0.739. The average molecular weight is 439 g/mol. The van der Waals surface area contributed by atoms with Gasteiger partial charge in [0.05, 0.1) is 6.61 Å². The Bertz CT molecular complexity index is 795. The van der Waals surface area contributed by atoms with E-state index in [2.05, 4.69) is 13.8 Å². The second-order valence-corrected chi connectivity index (χ2v) is 12.4. The first-order chi connectivity index (χ1) is 13.7. The molecule has 0 saturated heterocycles. The van der Waals surface area contributed by atoms with Crippen molar-refractivity contribution in [2.24, 2.45) is 22.7 Å². The number of hydrogen-bond donors (Lipinski definition) is 1. The van der Waals surface area contributed by atoms with Crippen molar-refractivity contribution >= 4 is 35.1 Å². The van der Waals surface area contributed by atoms with Gasteiger partial charge in [-0.05, 0) is 62.3 Å². The zero-order valence-corrected chi connectivity index (χ0v) is 19.1. The van der Waals surface area contributed by atoms with Crippen LogP contribution in [0.2, 0.25) is 0 Å². The lowest BCUT2D eigenvalue weighted by Crippen LogP contribution is -2.61. The minimum atomic E-state index is -1.42. The van der Waals surface area contributed by atoms with Gasteiger partial charge in [0, 0.05) is 23.0 Å². The van der Waals surface area contributed by atoms with Crippen molar-refractivity contribution in [3.05, 3.63) is 23.8 Å². The monoisotopic (exact) mass is 438 g/mol. The molecule has 4 aliphatic rings. The van der Waals surface area contributed by atoms with Crippen molar-refractivity contribution in [1.82, 2.24) is 0 Å². The Morgan fingerprint density at radius 3 is 2.66 bits per heavy atom. The summed E-state index contributed by atoms with van der Waals surface area (Å²) in [5, 5.41) is 9.45. The molecule has 0 aromatic carbocycles. The van der Waals surface area contributed by atoms with Gasteiger partial charge in [0.25, 0.3) is 0 Å². The highest BCUT2D eigenvalue weighted by Gasteiger charge is 2.72. The van der Waals surface area contributed by atoms with Crippen LogP contribution in [0.4, 0.5) is 4.39 Å². The Kier molecular flexibility index (Phi) is 5.40. The summed E-state index contributed by atoms with van der Waals surface area (Å²) >= 11 is 3.27. The van der Waals surface area contributed by atoms with Gasteiger partial charge in [-0.25, -0.2) is 4.39 Å². The average Bonchev–Trinajstić information content (AvgIpc) is 2.90. The zero-order valence-electron chi connectivity index (χ0n) is 17.5. The van der Waals surface area contributed by atoms with Crippen molar-refractivity contribution in [3.63, 3.8) is 0 Å². The molecule has 0 heterocycles. The molecule has 3 saturated carbocycles. The van der Waals surface area contributed by atoms with E-state index in [-0.39, 0.29) is 35.4 Å². The molecule has 4 aliphatic carbocycles. The van der Waals surface area contributed by atoms with Gasteiger partial charge in [0.15, 0.2) is 11.6 Å². The van der Waals surface area contributed by atoms with Gasteiger partial charge in [0.2, 0.25) is 0 Å². The Morgan fingerprint density at radius 1 is 1.21 bits per heavy atom. The van der Waals surface area contributed by atoms with Gasteiger partial charge in [0.1, 0.15) is 9.75 Å². The summed E-state index contributed by atoms with van der Waals surface area (Å²) in [5.41, 5.74) is -1.54. The van der Waals surface area contributed by atoms with Gasteiger partial charge in [-0.1, -0.05) is 25.5 Å². The van der Waals surface area contributed by atoms with E-state index in [1.807, 2.05) is 6.92 Å². The summed E-state index contributed by atoms with van der Waals surface area (Å²) in [6, 6.07) is 0. The molecule has 0 amide bonds. The third-order valence-electron chi connectivity index (χ3n) is 8.32. The van der Waals surface area contributed by atoms with E-state index in [4.69, 9.17) is 0 Å². The lowest BCUT2D eigenvalue weighted by Gasteiger charge is -2.61. The summed E-state index contributed by atoms with van der Waals surface area (Å²) in [6.07, 6.45) is 7.88. The summed E-state index contributed by atoms with van der Waals surface area (Å²) in [5.74, 6) is 1.35. The van der Waals surface area contributed by atoms with Crippen LogP contribution in [0.3, 0.4) is 0 Å². The second kappa shape index (κ2) is 7.23. The number of fused-ring (bicyclic) bond motifs is 5. The lowest BCUT2D eigenvalue weighted by atomic mass is 9.47. The summed E-state index contributed by atoms with van der Waals surface area (Å²) < 4.78 is 16.3. The van der Waals surface area contributed by atoms with E-state index >= 15 is 4.39 Å². The maximum Gasteiger partial charge on any atom is 0.178 e. The molecule has 2 unspecified atom stereocenters. The van der Waals surface area contributed by atoms with E-state index in [1.165, 1.54) is 6.08 Å². The van der Waals surface area contributed by atoms with Gasteiger partial charge in [-0.3, -0.25) is 9.59 Å². The number of alkyl halides is 1. The molecule has 6 heteroatoms. The molecular weight excluding hydrogens is 407 g/mol. The minimum absolute atomic E-state index is 0.00314. The molecule has 0 bridgehead atoms. The second-order valence-electron chi connectivity index (χ2n) is 9.39. The molecular formula is C23H31FO3S2. The van der Waals surface area contributed by atoms with Crippen LogP contribution < -0.4 is 0 Å². The van der Waals surface area contributed by atoms with Crippen molar-refractivity contribution in [1.29, 1.82) is 0 Å². The van der Waals surface area contributed by atoms with Crippen LogP contribution in [0, 0.1) is 22.7 Å². The summed E-state index contributed by atoms with van der Waals surface area (Å²) in [6.45, 7) is 6.26. The van der Waals surface area contributed by atoms with Gasteiger partial charge >= 0.3 is 0 Å². The summed E-state index contributed by atoms with van der Waals surface area (Å²) in [7, 11) is 0. The third-order valence-corrected chi connectivity index (χ3v) is 11.9. The van der Waals surface area contributed by atoms with Crippen LogP contribution in [0.5, 0.6) is 0 Å². The lowest BCUT2D eigenvalue weighted by molar-refractivity contribution is -0.121. The Morgan fingerprint density at radius 2 is 1.97 bits per heavy atom. The van der Waals surface area contributed by atoms with Crippen LogP contribution in [0.25, 0.3) is 0 Å². The van der Waals surface area contributed by atoms with E-state index < -0.39 is 15.2 Å². The highest BCUT2D eigenvalue weighted by molar-refractivity contribution is 8.19. The van der Waals surface area contributed by atoms with Crippen LogP contribution in [0.1, 0.15) is 52.9 Å². The van der Waals surface area contributed by atoms with Crippen LogP contribution in [-0.2, 0) is 9.59 Å². The first kappa shape index (κ1) is 21.6. The number of thioether (sulfide) groups is 2. The fourth-order valence-corrected chi connectivity index (χ4v) is 10.2. The smallest absolute Gasteiger partial charge is 0.178 e. The SMILES string of the molecule is CCSC1(SCCO)C(=O)C[C@H]2[C@@H]3CCC4=CC(=O)C=C[C@]4(C)C3(F)CC[C@@]21C. The van der Waals surface area contributed by atoms with Crippen LogP contribution in [0.15, 0.2) is 23.8 Å².